The molecular weight excluding hydrogens is 487 g/mol. The number of furan rings is 1. The molecule has 0 atom stereocenters. The van der Waals surface area contributed by atoms with E-state index in [0.717, 1.165) is 6.42 Å². The number of carbonyl (C=O) groups excluding carboxylic acids is 2. The highest BCUT2D eigenvalue weighted by atomic mass is 79.9. The maximum Gasteiger partial charge on any atom is 0.343 e. The molecule has 0 spiro atoms. The van der Waals surface area contributed by atoms with Gasteiger partial charge in [0, 0.05) is 23.4 Å². The lowest BCUT2D eigenvalue weighted by molar-refractivity contribution is 0.0729. The fourth-order valence-electron chi connectivity index (χ4n) is 3.64. The van der Waals surface area contributed by atoms with E-state index in [4.69, 9.17) is 9.15 Å². The third kappa shape index (κ3) is 4.39. The van der Waals surface area contributed by atoms with Gasteiger partial charge in [0.15, 0.2) is 17.3 Å². The van der Waals surface area contributed by atoms with Crippen molar-refractivity contribution in [1.82, 2.24) is 0 Å². The van der Waals surface area contributed by atoms with Crippen molar-refractivity contribution in [2.75, 3.05) is 0 Å². The lowest BCUT2D eigenvalue weighted by atomic mass is 9.90. The highest BCUT2D eigenvalue weighted by Crippen LogP contribution is 2.38. The Kier molecular flexibility index (Phi) is 6.29. The van der Waals surface area contributed by atoms with Gasteiger partial charge in [-0.3, -0.25) is 4.79 Å². The molecule has 0 aliphatic carbocycles. The van der Waals surface area contributed by atoms with E-state index in [9.17, 15) is 19.8 Å². The van der Waals surface area contributed by atoms with Crippen LogP contribution in [0.2, 0.25) is 0 Å². The monoisotopic (exact) mass is 506 g/mol. The van der Waals surface area contributed by atoms with E-state index in [0.29, 0.717) is 49.8 Å². The van der Waals surface area contributed by atoms with Gasteiger partial charge in [0.25, 0.3) is 0 Å². The van der Waals surface area contributed by atoms with Crippen LogP contribution in [-0.4, -0.2) is 29.8 Å². The molecular formula is C25H20BBrO6. The number of carbonyl (C=O) groups is 2. The molecule has 6 nitrogen and oxygen atoms in total. The molecule has 0 fully saturated rings. The van der Waals surface area contributed by atoms with Crippen LogP contribution in [0.5, 0.6) is 17.2 Å². The molecule has 3 aromatic carbocycles. The van der Waals surface area contributed by atoms with Gasteiger partial charge in [-0.05, 0) is 52.1 Å². The van der Waals surface area contributed by atoms with Crippen LogP contribution in [0.1, 0.15) is 45.4 Å². The maximum atomic E-state index is 13.5. The third-order valence-corrected chi connectivity index (χ3v) is 5.88. The summed E-state index contributed by atoms with van der Waals surface area (Å²) >= 11 is 3.28. The van der Waals surface area contributed by atoms with Crippen molar-refractivity contribution in [2.24, 2.45) is 0 Å². The smallest absolute Gasteiger partial charge is 0.343 e. The summed E-state index contributed by atoms with van der Waals surface area (Å²) < 4.78 is 11.7. The Bertz CT molecular complexity index is 1350. The minimum Gasteiger partial charge on any atom is -0.507 e. The summed E-state index contributed by atoms with van der Waals surface area (Å²) in [5, 5.41) is 21.0. The number of phenols is 2. The van der Waals surface area contributed by atoms with Crippen molar-refractivity contribution in [3.8, 4) is 17.2 Å². The summed E-state index contributed by atoms with van der Waals surface area (Å²) in [6.45, 7) is 1.97. The molecule has 0 aliphatic heterocycles. The first kappa shape index (κ1) is 22.7. The van der Waals surface area contributed by atoms with Gasteiger partial charge in [0.2, 0.25) is 0 Å². The van der Waals surface area contributed by atoms with Crippen LogP contribution in [0.15, 0.2) is 63.5 Å². The van der Waals surface area contributed by atoms with Gasteiger partial charge in [-0.2, -0.15) is 0 Å². The number of ketones is 1. The summed E-state index contributed by atoms with van der Waals surface area (Å²) in [7, 11) is 1.70. The molecule has 0 unspecified atom stereocenters. The second kappa shape index (κ2) is 9.15. The van der Waals surface area contributed by atoms with E-state index in [1.807, 2.05) is 6.92 Å². The molecule has 0 aliphatic rings. The molecule has 1 heterocycles. The summed E-state index contributed by atoms with van der Waals surface area (Å²) in [5.74, 6) is -0.714. The van der Waals surface area contributed by atoms with Crippen LogP contribution in [0.3, 0.4) is 0 Å². The van der Waals surface area contributed by atoms with Gasteiger partial charge in [-0.25, -0.2) is 4.79 Å². The number of aromatic hydroxyl groups is 2. The quantitative estimate of drug-likeness (QED) is 0.175. The fraction of sp³-hybridized carbons (Fsp3) is 0.120. The summed E-state index contributed by atoms with van der Waals surface area (Å²) in [4.78, 5) is 25.9. The van der Waals surface area contributed by atoms with E-state index in [2.05, 4.69) is 15.9 Å². The van der Waals surface area contributed by atoms with Crippen molar-refractivity contribution in [2.45, 2.75) is 19.8 Å². The van der Waals surface area contributed by atoms with Gasteiger partial charge in [-0.1, -0.05) is 31.2 Å². The Morgan fingerprint density at radius 3 is 2.45 bits per heavy atom. The zero-order valence-corrected chi connectivity index (χ0v) is 19.6. The number of phenolic OH excluding ortho intramolecular Hbond substituents is 2. The van der Waals surface area contributed by atoms with Crippen molar-refractivity contribution < 1.29 is 29.0 Å². The Balaban J connectivity index is 1.79. The second-order valence-electron chi connectivity index (χ2n) is 7.67. The number of aryl methyl sites for hydroxylation is 1. The first-order valence-corrected chi connectivity index (χ1v) is 11.2. The maximum absolute atomic E-state index is 13.5. The molecule has 8 heteroatoms. The standard InChI is InChI=1S/C25H20BBrO6/c1-2-6-19-22(23(29)14-9-16(26)24(30)17(27)10-14)15-11-18(28)21(12-20(15)32-19)33-25(31)13-7-4-3-5-8-13/h3-5,7-12,28,30H,2,6,26H2,1H3. The topological polar surface area (TPSA) is 97.0 Å². The SMILES string of the molecule is Bc1cc(C(=O)c2c(CCC)oc3cc(OC(=O)c4ccccc4)c(O)cc23)cc(Br)c1O. The van der Waals surface area contributed by atoms with E-state index < -0.39 is 5.97 Å². The minimum atomic E-state index is -0.619. The Hall–Kier alpha value is -3.52. The molecule has 166 valence electrons. The van der Waals surface area contributed by atoms with E-state index >= 15 is 0 Å². The fourth-order valence-corrected chi connectivity index (χ4v) is 4.20. The number of benzene rings is 3. The summed E-state index contributed by atoms with van der Waals surface area (Å²) in [5.41, 5.74) is 1.92. The molecule has 0 saturated carbocycles. The van der Waals surface area contributed by atoms with E-state index in [1.54, 1.807) is 50.3 Å². The van der Waals surface area contributed by atoms with Crippen LogP contribution < -0.4 is 10.2 Å². The molecule has 0 bridgehead atoms. The molecule has 0 saturated heterocycles. The molecule has 33 heavy (non-hydrogen) atoms. The predicted octanol–water partition coefficient (Wildman–Crippen LogP) is 4.27. The molecule has 4 aromatic rings. The van der Waals surface area contributed by atoms with Gasteiger partial charge in [0.1, 0.15) is 24.9 Å². The van der Waals surface area contributed by atoms with Crippen LogP contribution in [-0.2, 0) is 6.42 Å². The summed E-state index contributed by atoms with van der Waals surface area (Å²) in [6.07, 6.45) is 1.24. The van der Waals surface area contributed by atoms with Crippen molar-refractivity contribution >= 4 is 52.0 Å². The number of hydrogen-bond donors (Lipinski definition) is 2. The van der Waals surface area contributed by atoms with Crippen LogP contribution in [0, 0.1) is 0 Å². The van der Waals surface area contributed by atoms with Crippen molar-refractivity contribution in [1.29, 1.82) is 0 Å². The van der Waals surface area contributed by atoms with Gasteiger partial charge in [-0.15, -0.1) is 0 Å². The summed E-state index contributed by atoms with van der Waals surface area (Å²) in [6, 6.07) is 14.4. The second-order valence-corrected chi connectivity index (χ2v) is 8.53. The number of fused-ring (bicyclic) bond motifs is 1. The number of rotatable bonds is 6. The van der Waals surface area contributed by atoms with Crippen molar-refractivity contribution in [3.05, 3.63) is 81.5 Å². The van der Waals surface area contributed by atoms with E-state index in [-0.39, 0.29) is 23.0 Å². The highest BCUT2D eigenvalue weighted by Gasteiger charge is 2.25. The van der Waals surface area contributed by atoms with Crippen LogP contribution in [0.25, 0.3) is 11.0 Å². The van der Waals surface area contributed by atoms with Gasteiger partial charge in [0.05, 0.1) is 15.6 Å². The molecule has 0 radical (unpaired) electrons. The normalized spacial score (nSPS) is 11.0. The molecule has 2 N–H and O–H groups in total. The average Bonchev–Trinajstić information content (AvgIpc) is 3.14. The number of halogens is 1. The highest BCUT2D eigenvalue weighted by molar-refractivity contribution is 9.10. The first-order chi connectivity index (χ1) is 15.8. The number of hydrogen-bond acceptors (Lipinski definition) is 6. The largest absolute Gasteiger partial charge is 0.507 e. The van der Waals surface area contributed by atoms with Crippen molar-refractivity contribution in [3.63, 3.8) is 0 Å². The lowest BCUT2D eigenvalue weighted by Gasteiger charge is -2.08. The Labute approximate surface area is 199 Å². The average molecular weight is 507 g/mol. The zero-order chi connectivity index (χ0) is 23.7. The lowest BCUT2D eigenvalue weighted by Crippen LogP contribution is -2.11. The number of esters is 1. The Morgan fingerprint density at radius 2 is 1.79 bits per heavy atom. The van der Waals surface area contributed by atoms with Gasteiger partial charge >= 0.3 is 5.97 Å². The number of ether oxygens (including phenoxy) is 1. The molecule has 4 rings (SSSR count). The first-order valence-electron chi connectivity index (χ1n) is 10.4. The molecule has 0 amide bonds. The molecule has 1 aromatic heterocycles. The van der Waals surface area contributed by atoms with Gasteiger partial charge < -0.3 is 19.4 Å². The van der Waals surface area contributed by atoms with Crippen LogP contribution in [0.4, 0.5) is 0 Å². The van der Waals surface area contributed by atoms with Crippen LogP contribution >= 0.6 is 15.9 Å². The Morgan fingerprint density at radius 1 is 1.06 bits per heavy atom. The zero-order valence-electron chi connectivity index (χ0n) is 18.0. The van der Waals surface area contributed by atoms with E-state index in [1.165, 1.54) is 12.1 Å². The minimum absolute atomic E-state index is 0.0598. The predicted molar refractivity (Wildman–Crippen MR) is 131 cm³/mol. The third-order valence-electron chi connectivity index (χ3n) is 5.27.